The van der Waals surface area contributed by atoms with Gasteiger partial charge in [-0.2, -0.15) is 0 Å². The third-order valence-electron chi connectivity index (χ3n) is 6.93. The molecule has 0 spiro atoms. The Morgan fingerprint density at radius 3 is 2.41 bits per heavy atom. The maximum atomic E-state index is 13.3. The van der Waals surface area contributed by atoms with Crippen molar-refractivity contribution in [1.82, 2.24) is 4.90 Å². The van der Waals surface area contributed by atoms with Gasteiger partial charge in [-0.25, -0.2) is 9.59 Å². The van der Waals surface area contributed by atoms with Gasteiger partial charge in [0.25, 0.3) is 0 Å². The van der Waals surface area contributed by atoms with Crippen LogP contribution in [0.15, 0.2) is 48.5 Å². The van der Waals surface area contributed by atoms with Gasteiger partial charge in [-0.15, -0.1) is 12.4 Å². The number of nitrogens with two attached hydrogens (primary N) is 1. The molecular weight excluding hydrogens is 449 g/mol. The number of benzene rings is 2. The molecule has 0 aromatic heterocycles. The Hall–Kier alpha value is -2.28. The van der Waals surface area contributed by atoms with Crippen molar-refractivity contribution in [2.75, 3.05) is 18.0 Å². The summed E-state index contributed by atoms with van der Waals surface area (Å²) in [6.07, 6.45) is 3.62. The summed E-state index contributed by atoms with van der Waals surface area (Å²) in [6.45, 7) is 3.23. The Morgan fingerprint density at radius 2 is 1.84 bits per heavy atom. The number of hydrogen-bond donors (Lipinski definition) is 2. The molecule has 2 fully saturated rings. The minimum absolute atomic E-state index is 0. The molecule has 32 heavy (non-hydrogen) atoms. The van der Waals surface area contributed by atoms with Crippen LogP contribution in [0.25, 0.3) is 0 Å². The monoisotopic (exact) mass is 477 g/mol. The number of nitrogens with zero attached hydrogens (tertiary/aromatic N) is 2. The fourth-order valence-corrected chi connectivity index (χ4v) is 5.33. The highest BCUT2D eigenvalue weighted by Gasteiger charge is 2.44. The molecule has 3 N–H and O–H groups in total. The first kappa shape index (κ1) is 24.4. The van der Waals surface area contributed by atoms with Gasteiger partial charge in [0.2, 0.25) is 0 Å². The number of urea groups is 1. The topological polar surface area (TPSA) is 86.9 Å². The van der Waals surface area contributed by atoms with Crippen molar-refractivity contribution in [2.24, 2.45) is 5.73 Å². The highest BCUT2D eigenvalue weighted by molar-refractivity contribution is 6.30. The van der Waals surface area contributed by atoms with E-state index in [0.29, 0.717) is 13.1 Å². The standard InChI is InChI=1S/C24H28ClN3O3.ClH/c1-16-14-27(20-7-5-17(6-8-20)22(29)30)23(31)28(16)21-9-11-24(15-26,12-10-21)18-3-2-4-19(25)13-18;/h2-8,13,16,21H,9-12,14-15,26H2,1H3,(H,29,30);1H/t16-,21-,24+;/m0./s1. The van der Waals surface area contributed by atoms with Crippen molar-refractivity contribution in [3.63, 3.8) is 0 Å². The van der Waals surface area contributed by atoms with E-state index < -0.39 is 5.97 Å². The number of hydrogen-bond acceptors (Lipinski definition) is 3. The zero-order chi connectivity index (χ0) is 22.2. The van der Waals surface area contributed by atoms with E-state index >= 15 is 0 Å². The van der Waals surface area contributed by atoms with Crippen molar-refractivity contribution < 1.29 is 14.7 Å². The molecule has 172 valence electrons. The van der Waals surface area contributed by atoms with Gasteiger partial charge < -0.3 is 15.7 Å². The fourth-order valence-electron chi connectivity index (χ4n) is 5.14. The number of anilines is 1. The van der Waals surface area contributed by atoms with Gasteiger partial charge in [0.15, 0.2) is 0 Å². The zero-order valence-electron chi connectivity index (χ0n) is 18.0. The van der Waals surface area contributed by atoms with Crippen LogP contribution in [0.4, 0.5) is 10.5 Å². The summed E-state index contributed by atoms with van der Waals surface area (Å²) in [4.78, 5) is 28.1. The number of rotatable bonds is 5. The Balaban J connectivity index is 0.00000289. The quantitative estimate of drug-likeness (QED) is 0.638. The summed E-state index contributed by atoms with van der Waals surface area (Å²) in [6, 6.07) is 14.7. The van der Waals surface area contributed by atoms with Crippen molar-refractivity contribution in [2.45, 2.75) is 50.1 Å². The van der Waals surface area contributed by atoms with E-state index in [2.05, 4.69) is 13.0 Å². The molecule has 4 rings (SSSR count). The molecule has 6 nitrogen and oxygen atoms in total. The third-order valence-corrected chi connectivity index (χ3v) is 7.17. The number of aromatic carboxylic acids is 1. The SMILES string of the molecule is C[C@H]1CN(c2ccc(C(=O)O)cc2)C(=O)N1[C@H]1CC[C@@](CN)(c2cccc(Cl)c2)CC1.Cl. The lowest BCUT2D eigenvalue weighted by Crippen LogP contribution is -2.48. The Bertz CT molecular complexity index is 975. The highest BCUT2D eigenvalue weighted by atomic mass is 35.5. The summed E-state index contributed by atoms with van der Waals surface area (Å²) >= 11 is 6.22. The van der Waals surface area contributed by atoms with Gasteiger partial charge >= 0.3 is 12.0 Å². The van der Waals surface area contributed by atoms with Gasteiger partial charge in [0, 0.05) is 41.3 Å². The summed E-state index contributed by atoms with van der Waals surface area (Å²) in [5, 5.41) is 9.83. The molecule has 1 aliphatic carbocycles. The Labute approximate surface area is 199 Å². The summed E-state index contributed by atoms with van der Waals surface area (Å²) < 4.78 is 0. The molecule has 0 unspecified atom stereocenters. The van der Waals surface area contributed by atoms with Crippen LogP contribution in [0.3, 0.4) is 0 Å². The molecule has 8 heteroatoms. The average Bonchev–Trinajstić information content (AvgIpc) is 3.07. The van der Waals surface area contributed by atoms with Crippen LogP contribution in [-0.2, 0) is 5.41 Å². The number of amides is 2. The molecule has 0 bridgehead atoms. The second kappa shape index (κ2) is 9.69. The zero-order valence-corrected chi connectivity index (χ0v) is 19.6. The molecule has 2 aromatic rings. The minimum atomic E-state index is -0.973. The van der Waals surface area contributed by atoms with Gasteiger partial charge in [0.05, 0.1) is 5.56 Å². The van der Waals surface area contributed by atoms with Crippen molar-refractivity contribution in [3.8, 4) is 0 Å². The van der Waals surface area contributed by atoms with Crippen LogP contribution in [-0.4, -0.2) is 47.2 Å². The lowest BCUT2D eigenvalue weighted by Gasteiger charge is -2.43. The maximum Gasteiger partial charge on any atom is 0.335 e. The van der Waals surface area contributed by atoms with Crippen LogP contribution in [0.2, 0.25) is 5.02 Å². The third kappa shape index (κ3) is 4.45. The van der Waals surface area contributed by atoms with Crippen molar-refractivity contribution in [3.05, 3.63) is 64.7 Å². The van der Waals surface area contributed by atoms with Crippen LogP contribution in [0.1, 0.15) is 48.5 Å². The fraction of sp³-hybridized carbons (Fsp3) is 0.417. The van der Waals surface area contributed by atoms with E-state index in [-0.39, 0.29) is 41.5 Å². The van der Waals surface area contributed by atoms with Crippen LogP contribution < -0.4 is 10.6 Å². The lowest BCUT2D eigenvalue weighted by molar-refractivity contribution is 0.0697. The van der Waals surface area contributed by atoms with Crippen LogP contribution in [0, 0.1) is 0 Å². The number of carbonyl (C=O) groups is 2. The van der Waals surface area contributed by atoms with Gasteiger partial charge in [-0.3, -0.25) is 4.90 Å². The van der Waals surface area contributed by atoms with Crippen LogP contribution in [0.5, 0.6) is 0 Å². The Kier molecular flexibility index (Phi) is 7.38. The number of carbonyl (C=O) groups excluding carboxylic acids is 1. The van der Waals surface area contributed by atoms with Gasteiger partial charge in [0.1, 0.15) is 0 Å². The number of carboxylic acids is 1. The Morgan fingerprint density at radius 1 is 1.19 bits per heavy atom. The van der Waals surface area contributed by atoms with Crippen molar-refractivity contribution in [1.29, 1.82) is 0 Å². The molecule has 1 aliphatic heterocycles. The normalized spacial score (nSPS) is 25.5. The molecular formula is C24H29Cl2N3O3. The molecule has 2 aromatic carbocycles. The molecule has 2 amide bonds. The lowest BCUT2D eigenvalue weighted by atomic mass is 9.68. The van der Waals surface area contributed by atoms with E-state index in [1.165, 1.54) is 5.56 Å². The molecule has 1 saturated carbocycles. The molecule has 1 saturated heterocycles. The van der Waals surface area contributed by atoms with E-state index in [1.54, 1.807) is 29.2 Å². The molecule has 1 heterocycles. The first-order valence-electron chi connectivity index (χ1n) is 10.7. The molecule has 1 atom stereocenters. The van der Waals surface area contributed by atoms with Crippen LogP contribution >= 0.6 is 24.0 Å². The average molecular weight is 478 g/mol. The summed E-state index contributed by atoms with van der Waals surface area (Å²) in [7, 11) is 0. The summed E-state index contributed by atoms with van der Waals surface area (Å²) in [5.41, 5.74) is 8.26. The van der Waals surface area contributed by atoms with E-state index in [9.17, 15) is 9.59 Å². The summed E-state index contributed by atoms with van der Waals surface area (Å²) in [5.74, 6) is -0.973. The largest absolute Gasteiger partial charge is 0.478 e. The van der Waals surface area contributed by atoms with E-state index in [4.69, 9.17) is 22.4 Å². The molecule has 2 aliphatic rings. The van der Waals surface area contributed by atoms with Crippen molar-refractivity contribution >= 4 is 41.7 Å². The second-order valence-corrected chi connectivity index (χ2v) is 9.16. The maximum absolute atomic E-state index is 13.3. The smallest absolute Gasteiger partial charge is 0.335 e. The second-order valence-electron chi connectivity index (χ2n) is 8.73. The van der Waals surface area contributed by atoms with Gasteiger partial charge in [-0.1, -0.05) is 23.7 Å². The van der Waals surface area contributed by atoms with Gasteiger partial charge in [-0.05, 0) is 74.6 Å². The number of carboxylic acid groups (broad SMARTS) is 1. The predicted octanol–water partition coefficient (Wildman–Crippen LogP) is 4.93. The number of halogens is 2. The highest BCUT2D eigenvalue weighted by Crippen LogP contribution is 2.42. The molecule has 0 radical (unpaired) electrons. The minimum Gasteiger partial charge on any atom is -0.478 e. The predicted molar refractivity (Wildman–Crippen MR) is 129 cm³/mol. The first-order valence-corrected chi connectivity index (χ1v) is 11.1. The van der Waals surface area contributed by atoms with E-state index in [0.717, 1.165) is 36.4 Å². The van der Waals surface area contributed by atoms with E-state index in [1.807, 2.05) is 23.1 Å². The first-order chi connectivity index (χ1) is 14.8.